The van der Waals surface area contributed by atoms with Crippen LogP contribution in [0.4, 0.5) is 5.69 Å². The summed E-state index contributed by atoms with van der Waals surface area (Å²) in [6.07, 6.45) is 0.880. The van der Waals surface area contributed by atoms with Crippen molar-refractivity contribution >= 4 is 17.5 Å². The monoisotopic (exact) mass is 368 g/mol. The first-order chi connectivity index (χ1) is 13.1. The van der Waals surface area contributed by atoms with Crippen molar-refractivity contribution in [3.8, 4) is 11.5 Å². The highest BCUT2D eigenvalue weighted by Crippen LogP contribution is 2.32. The molecule has 0 unspecified atom stereocenters. The Morgan fingerprint density at radius 3 is 2.48 bits per heavy atom. The van der Waals surface area contributed by atoms with Crippen molar-refractivity contribution in [2.75, 3.05) is 32.2 Å². The van der Waals surface area contributed by atoms with Gasteiger partial charge < -0.3 is 19.7 Å². The molecule has 1 atom stereocenters. The molecule has 2 amide bonds. The summed E-state index contributed by atoms with van der Waals surface area (Å²) >= 11 is 0. The lowest BCUT2D eigenvalue weighted by Gasteiger charge is -2.19. The molecule has 142 valence electrons. The molecule has 1 heterocycles. The summed E-state index contributed by atoms with van der Waals surface area (Å²) in [5, 5.41) is 2.94. The number of benzene rings is 2. The zero-order valence-corrected chi connectivity index (χ0v) is 15.6. The van der Waals surface area contributed by atoms with E-state index in [-0.39, 0.29) is 24.2 Å². The largest absolute Gasteiger partial charge is 0.496 e. The summed E-state index contributed by atoms with van der Waals surface area (Å²) in [6, 6.07) is 15.1. The second-order valence-corrected chi connectivity index (χ2v) is 6.43. The van der Waals surface area contributed by atoms with Crippen LogP contribution in [0.25, 0.3) is 0 Å². The van der Waals surface area contributed by atoms with Crippen molar-refractivity contribution in [3.05, 3.63) is 54.1 Å². The third kappa shape index (κ3) is 4.22. The Hall–Kier alpha value is -3.02. The van der Waals surface area contributed by atoms with E-state index >= 15 is 0 Å². The molecule has 0 bridgehead atoms. The van der Waals surface area contributed by atoms with E-state index in [4.69, 9.17) is 9.47 Å². The minimum absolute atomic E-state index is 0.0654. The highest BCUT2D eigenvalue weighted by molar-refractivity contribution is 6.01. The second kappa shape index (κ2) is 8.58. The number of para-hydroxylation sites is 3. The second-order valence-electron chi connectivity index (χ2n) is 6.43. The van der Waals surface area contributed by atoms with Gasteiger partial charge in [0.15, 0.2) is 0 Å². The van der Waals surface area contributed by atoms with Crippen molar-refractivity contribution in [2.24, 2.45) is 5.92 Å². The van der Waals surface area contributed by atoms with Crippen LogP contribution < -0.4 is 19.7 Å². The number of ether oxygens (including phenoxy) is 2. The van der Waals surface area contributed by atoms with E-state index in [0.717, 1.165) is 11.3 Å². The predicted octanol–water partition coefficient (Wildman–Crippen LogP) is 2.42. The van der Waals surface area contributed by atoms with Gasteiger partial charge in [0.1, 0.15) is 11.5 Å². The Bertz CT molecular complexity index is 821. The molecular formula is C21H24N2O4. The normalized spacial score (nSPS) is 16.3. The van der Waals surface area contributed by atoms with Crippen LogP contribution in [0.1, 0.15) is 12.0 Å². The zero-order chi connectivity index (χ0) is 19.2. The minimum atomic E-state index is -0.361. The average Bonchev–Trinajstić information content (AvgIpc) is 3.09. The van der Waals surface area contributed by atoms with E-state index in [1.807, 2.05) is 48.5 Å². The lowest BCUT2D eigenvalue weighted by Crippen LogP contribution is -2.34. The molecule has 0 saturated carbocycles. The maximum absolute atomic E-state index is 12.5. The van der Waals surface area contributed by atoms with Gasteiger partial charge in [-0.25, -0.2) is 0 Å². The number of carbonyl (C=O) groups excluding carboxylic acids is 2. The number of carbonyl (C=O) groups is 2. The van der Waals surface area contributed by atoms with Crippen molar-refractivity contribution < 1.29 is 19.1 Å². The summed E-state index contributed by atoms with van der Waals surface area (Å²) in [4.78, 5) is 26.6. The van der Waals surface area contributed by atoms with Crippen LogP contribution >= 0.6 is 0 Å². The fraction of sp³-hybridized carbons (Fsp3) is 0.333. The average molecular weight is 368 g/mol. The Morgan fingerprint density at radius 2 is 1.74 bits per heavy atom. The molecule has 6 heteroatoms. The van der Waals surface area contributed by atoms with Gasteiger partial charge >= 0.3 is 0 Å². The van der Waals surface area contributed by atoms with Crippen molar-refractivity contribution in [1.29, 1.82) is 0 Å². The van der Waals surface area contributed by atoms with Gasteiger partial charge in [-0.3, -0.25) is 9.59 Å². The lowest BCUT2D eigenvalue weighted by atomic mass is 10.1. The fourth-order valence-electron chi connectivity index (χ4n) is 3.34. The smallest absolute Gasteiger partial charge is 0.227 e. The van der Waals surface area contributed by atoms with Crippen LogP contribution in [0.15, 0.2) is 48.5 Å². The third-order valence-corrected chi connectivity index (χ3v) is 4.76. The molecule has 3 rings (SSSR count). The van der Waals surface area contributed by atoms with Crippen molar-refractivity contribution in [2.45, 2.75) is 12.8 Å². The Balaban J connectivity index is 1.58. The van der Waals surface area contributed by atoms with Crippen LogP contribution in [0.5, 0.6) is 11.5 Å². The molecule has 2 aromatic carbocycles. The van der Waals surface area contributed by atoms with E-state index in [0.29, 0.717) is 30.9 Å². The maximum Gasteiger partial charge on any atom is 0.227 e. The van der Waals surface area contributed by atoms with E-state index in [2.05, 4.69) is 5.32 Å². The van der Waals surface area contributed by atoms with Gasteiger partial charge in [0.2, 0.25) is 11.8 Å². The SMILES string of the molecule is COc1ccccc1CCNC(=O)[C@H]1CC(=O)N(c2ccccc2OC)C1. The highest BCUT2D eigenvalue weighted by atomic mass is 16.5. The fourth-order valence-corrected chi connectivity index (χ4v) is 3.34. The van der Waals surface area contributed by atoms with Gasteiger partial charge in [0.25, 0.3) is 0 Å². The summed E-state index contributed by atoms with van der Waals surface area (Å²) in [7, 11) is 3.20. The van der Waals surface area contributed by atoms with E-state index < -0.39 is 0 Å². The first kappa shape index (κ1) is 18.8. The minimum Gasteiger partial charge on any atom is -0.496 e. The Morgan fingerprint density at radius 1 is 1.07 bits per heavy atom. The number of hydrogen-bond donors (Lipinski definition) is 1. The molecule has 1 fully saturated rings. The number of amides is 2. The van der Waals surface area contributed by atoms with Crippen molar-refractivity contribution in [1.82, 2.24) is 5.32 Å². The third-order valence-electron chi connectivity index (χ3n) is 4.76. The molecular weight excluding hydrogens is 344 g/mol. The van der Waals surface area contributed by atoms with Gasteiger partial charge in [-0.2, -0.15) is 0 Å². The van der Waals surface area contributed by atoms with Crippen LogP contribution in [0.2, 0.25) is 0 Å². The first-order valence-corrected chi connectivity index (χ1v) is 8.97. The standard InChI is InChI=1S/C21H24N2O4/c1-26-18-9-5-3-7-15(18)11-12-22-21(25)16-13-20(24)23(14-16)17-8-4-6-10-19(17)27-2/h3-10,16H,11-14H2,1-2H3,(H,22,25)/t16-/m0/s1. The summed E-state index contributed by atoms with van der Waals surface area (Å²) < 4.78 is 10.7. The Labute approximate surface area is 159 Å². The van der Waals surface area contributed by atoms with Crippen LogP contribution in [0.3, 0.4) is 0 Å². The number of hydrogen-bond acceptors (Lipinski definition) is 4. The van der Waals surface area contributed by atoms with E-state index in [1.54, 1.807) is 19.1 Å². The number of methoxy groups -OCH3 is 2. The molecule has 27 heavy (non-hydrogen) atoms. The van der Waals surface area contributed by atoms with Crippen LogP contribution in [-0.4, -0.2) is 39.1 Å². The molecule has 2 aromatic rings. The molecule has 0 aromatic heterocycles. The molecule has 0 aliphatic carbocycles. The Kier molecular flexibility index (Phi) is 5.96. The van der Waals surface area contributed by atoms with Crippen molar-refractivity contribution in [3.63, 3.8) is 0 Å². The maximum atomic E-state index is 12.5. The first-order valence-electron chi connectivity index (χ1n) is 8.97. The molecule has 1 aliphatic rings. The van der Waals surface area contributed by atoms with Crippen LogP contribution in [0, 0.1) is 5.92 Å². The van der Waals surface area contributed by atoms with E-state index in [1.165, 1.54) is 0 Å². The molecule has 1 aliphatic heterocycles. The lowest BCUT2D eigenvalue weighted by molar-refractivity contribution is -0.126. The highest BCUT2D eigenvalue weighted by Gasteiger charge is 2.36. The molecule has 1 saturated heterocycles. The van der Waals surface area contributed by atoms with Crippen LogP contribution in [-0.2, 0) is 16.0 Å². The van der Waals surface area contributed by atoms with E-state index in [9.17, 15) is 9.59 Å². The molecule has 0 spiro atoms. The molecule has 0 radical (unpaired) electrons. The van der Waals surface area contributed by atoms with Gasteiger partial charge in [-0.15, -0.1) is 0 Å². The molecule has 6 nitrogen and oxygen atoms in total. The molecule has 1 N–H and O–H groups in total. The quantitative estimate of drug-likeness (QED) is 0.815. The predicted molar refractivity (Wildman–Crippen MR) is 103 cm³/mol. The summed E-state index contributed by atoms with van der Waals surface area (Å²) in [6.45, 7) is 0.859. The zero-order valence-electron chi connectivity index (χ0n) is 15.6. The van der Waals surface area contributed by atoms with Gasteiger partial charge in [-0.1, -0.05) is 30.3 Å². The summed E-state index contributed by atoms with van der Waals surface area (Å²) in [5.74, 6) is 0.910. The van der Waals surface area contributed by atoms with Gasteiger partial charge in [-0.05, 0) is 30.2 Å². The van der Waals surface area contributed by atoms with Gasteiger partial charge in [0.05, 0.1) is 25.8 Å². The summed E-state index contributed by atoms with van der Waals surface area (Å²) in [5.41, 5.74) is 1.74. The number of nitrogens with zero attached hydrogens (tertiary/aromatic N) is 1. The topological polar surface area (TPSA) is 67.9 Å². The number of anilines is 1. The van der Waals surface area contributed by atoms with Gasteiger partial charge in [0, 0.05) is 19.5 Å². The number of rotatable bonds is 7. The number of nitrogens with one attached hydrogen (secondary N) is 1.